The second-order valence-corrected chi connectivity index (χ2v) is 6.86. The van der Waals surface area contributed by atoms with Gasteiger partial charge >= 0.3 is 0 Å². The predicted molar refractivity (Wildman–Crippen MR) is 91.8 cm³/mol. The van der Waals surface area contributed by atoms with E-state index < -0.39 is 0 Å². The summed E-state index contributed by atoms with van der Waals surface area (Å²) in [5.41, 5.74) is 2.95. The van der Waals surface area contributed by atoms with E-state index in [1.54, 1.807) is 24.5 Å². The largest absolute Gasteiger partial charge is 0.448 e. The minimum atomic E-state index is -0.158. The number of nitrogens with one attached hydrogen (secondary N) is 1. The molecule has 0 aliphatic carbocycles. The fourth-order valence-electron chi connectivity index (χ4n) is 2.37. The fourth-order valence-corrected chi connectivity index (χ4v) is 3.38. The van der Waals surface area contributed by atoms with E-state index in [9.17, 15) is 4.79 Å². The van der Waals surface area contributed by atoms with Crippen LogP contribution in [0.25, 0.3) is 11.1 Å². The van der Waals surface area contributed by atoms with Crippen molar-refractivity contribution in [3.8, 4) is 0 Å². The Balaban J connectivity index is 1.82. The molecule has 3 aromatic heterocycles. The van der Waals surface area contributed by atoms with Gasteiger partial charge in [0, 0.05) is 31.2 Å². The third-order valence-corrected chi connectivity index (χ3v) is 4.62. The number of hydrogen-bond donors (Lipinski definition) is 1. The summed E-state index contributed by atoms with van der Waals surface area (Å²) in [5.74, 6) is -0.158. The summed E-state index contributed by atoms with van der Waals surface area (Å²) in [7, 11) is 1.64. The van der Waals surface area contributed by atoms with Gasteiger partial charge in [0.2, 0.25) is 0 Å². The van der Waals surface area contributed by atoms with Crippen LogP contribution in [0.1, 0.15) is 21.2 Å². The molecule has 3 rings (SSSR count). The molecule has 1 N–H and O–H groups in total. The zero-order valence-electron chi connectivity index (χ0n) is 12.8. The highest BCUT2D eigenvalue weighted by Crippen LogP contribution is 2.27. The number of halogens is 1. The molecule has 1 amide bonds. The van der Waals surface area contributed by atoms with E-state index in [2.05, 4.69) is 26.2 Å². The van der Waals surface area contributed by atoms with Gasteiger partial charge in [0.05, 0.1) is 29.4 Å². The monoisotopic (exact) mass is 397 g/mol. The molecule has 0 radical (unpaired) electrons. The molecule has 0 fully saturated rings. The second kappa shape index (κ2) is 6.86. The molecular formula is C15H16BrN3O3S. The second-order valence-electron chi connectivity index (χ2n) is 5.01. The van der Waals surface area contributed by atoms with Crippen molar-refractivity contribution in [3.05, 3.63) is 38.6 Å². The van der Waals surface area contributed by atoms with Crippen LogP contribution in [0.4, 0.5) is 0 Å². The number of aryl methyl sites for hydroxylation is 1. The standard InChI is InChI=1S/C15H16BrN3O3S/c1-9-18-10(8-23-9)7-17-15(20)12-5-13-11(6-14(16)22-13)19(12)3-4-21-2/h5-6,8H,3-4,7H2,1-2H3,(H,17,20). The van der Waals surface area contributed by atoms with E-state index in [-0.39, 0.29) is 5.91 Å². The third kappa shape index (κ3) is 3.49. The molecule has 122 valence electrons. The molecule has 0 atom stereocenters. The molecule has 0 aliphatic heterocycles. The third-order valence-electron chi connectivity index (χ3n) is 3.41. The molecule has 6 nitrogen and oxygen atoms in total. The van der Waals surface area contributed by atoms with E-state index in [0.29, 0.717) is 35.6 Å². The van der Waals surface area contributed by atoms with Crippen LogP contribution in [0.15, 0.2) is 26.6 Å². The summed E-state index contributed by atoms with van der Waals surface area (Å²) in [6.45, 7) is 3.43. The predicted octanol–water partition coefficient (Wildman–Crippen LogP) is 3.34. The van der Waals surface area contributed by atoms with E-state index >= 15 is 0 Å². The van der Waals surface area contributed by atoms with Crippen LogP contribution < -0.4 is 5.32 Å². The van der Waals surface area contributed by atoms with Crippen molar-refractivity contribution in [2.24, 2.45) is 0 Å². The number of fused-ring (bicyclic) bond motifs is 1. The summed E-state index contributed by atoms with van der Waals surface area (Å²) in [6.07, 6.45) is 0. The lowest BCUT2D eigenvalue weighted by molar-refractivity contribution is 0.0939. The van der Waals surface area contributed by atoms with Crippen LogP contribution >= 0.6 is 27.3 Å². The van der Waals surface area contributed by atoms with Gasteiger partial charge in [-0.2, -0.15) is 0 Å². The first-order valence-electron chi connectivity index (χ1n) is 7.05. The van der Waals surface area contributed by atoms with Gasteiger partial charge in [-0.3, -0.25) is 4.79 Å². The number of furan rings is 1. The summed E-state index contributed by atoms with van der Waals surface area (Å²) in [4.78, 5) is 16.9. The lowest BCUT2D eigenvalue weighted by Gasteiger charge is -2.09. The molecule has 0 bridgehead atoms. The van der Waals surface area contributed by atoms with Crippen LogP contribution in [-0.2, 0) is 17.8 Å². The zero-order chi connectivity index (χ0) is 16.4. The number of aromatic nitrogens is 2. The first kappa shape index (κ1) is 16.2. The maximum Gasteiger partial charge on any atom is 0.268 e. The van der Waals surface area contributed by atoms with Crippen LogP contribution in [0, 0.1) is 6.92 Å². The lowest BCUT2D eigenvalue weighted by atomic mass is 10.3. The molecule has 23 heavy (non-hydrogen) atoms. The quantitative estimate of drug-likeness (QED) is 0.692. The number of rotatable bonds is 6. The van der Waals surface area contributed by atoms with Crippen molar-refractivity contribution >= 4 is 44.3 Å². The number of ether oxygens (including phenoxy) is 1. The average Bonchev–Trinajstić information content (AvgIpc) is 3.17. The number of nitrogens with zero attached hydrogens (tertiary/aromatic N) is 2. The molecule has 3 heterocycles. The molecule has 0 aromatic carbocycles. The van der Waals surface area contributed by atoms with Crippen molar-refractivity contribution in [3.63, 3.8) is 0 Å². The van der Waals surface area contributed by atoms with Crippen molar-refractivity contribution in [1.82, 2.24) is 14.9 Å². The van der Waals surface area contributed by atoms with Gasteiger partial charge in [-0.05, 0) is 22.9 Å². The Morgan fingerprint density at radius 3 is 3.04 bits per heavy atom. The molecular weight excluding hydrogens is 382 g/mol. The number of methoxy groups -OCH3 is 1. The highest BCUT2D eigenvalue weighted by Gasteiger charge is 2.18. The number of carbonyl (C=O) groups is 1. The number of thiazole rings is 1. The van der Waals surface area contributed by atoms with Gasteiger partial charge in [0.15, 0.2) is 10.3 Å². The molecule has 0 spiro atoms. The normalized spacial score (nSPS) is 11.3. The average molecular weight is 398 g/mol. The molecule has 0 saturated heterocycles. The smallest absolute Gasteiger partial charge is 0.268 e. The number of hydrogen-bond acceptors (Lipinski definition) is 5. The van der Waals surface area contributed by atoms with Crippen molar-refractivity contribution < 1.29 is 13.9 Å². The Hall–Kier alpha value is -1.64. The van der Waals surface area contributed by atoms with Gasteiger partial charge in [-0.25, -0.2) is 4.98 Å². The molecule has 3 aromatic rings. The SMILES string of the molecule is COCCn1c(C(=O)NCc2csc(C)n2)cc2oc(Br)cc21. The lowest BCUT2D eigenvalue weighted by Crippen LogP contribution is -2.26. The number of carbonyl (C=O) groups excluding carboxylic acids is 1. The topological polar surface area (TPSA) is 69.3 Å². The Morgan fingerprint density at radius 1 is 1.52 bits per heavy atom. The molecule has 0 saturated carbocycles. The number of amides is 1. The Kier molecular flexibility index (Phi) is 4.84. The summed E-state index contributed by atoms with van der Waals surface area (Å²) >= 11 is 4.88. The molecule has 0 unspecified atom stereocenters. The minimum absolute atomic E-state index is 0.158. The fraction of sp³-hybridized carbons (Fsp3) is 0.333. The van der Waals surface area contributed by atoms with Gasteiger partial charge < -0.3 is 19.0 Å². The van der Waals surface area contributed by atoms with E-state index in [0.717, 1.165) is 16.2 Å². The minimum Gasteiger partial charge on any atom is -0.448 e. The highest BCUT2D eigenvalue weighted by atomic mass is 79.9. The zero-order valence-corrected chi connectivity index (χ0v) is 15.2. The van der Waals surface area contributed by atoms with Gasteiger partial charge in [0.25, 0.3) is 5.91 Å². The first-order chi connectivity index (χ1) is 11.1. The summed E-state index contributed by atoms with van der Waals surface area (Å²) < 4.78 is 13.2. The van der Waals surface area contributed by atoms with Gasteiger partial charge in [0.1, 0.15) is 5.69 Å². The van der Waals surface area contributed by atoms with Crippen molar-refractivity contribution in [1.29, 1.82) is 0 Å². The first-order valence-corrected chi connectivity index (χ1v) is 8.72. The van der Waals surface area contributed by atoms with Gasteiger partial charge in [-0.15, -0.1) is 11.3 Å². The van der Waals surface area contributed by atoms with Gasteiger partial charge in [-0.1, -0.05) is 0 Å². The Morgan fingerprint density at radius 2 is 2.35 bits per heavy atom. The molecule has 0 aliphatic rings. The van der Waals surface area contributed by atoms with Crippen molar-refractivity contribution in [2.45, 2.75) is 20.0 Å². The van der Waals surface area contributed by atoms with E-state index in [1.807, 2.05) is 22.9 Å². The summed E-state index contributed by atoms with van der Waals surface area (Å²) in [6, 6.07) is 3.60. The highest BCUT2D eigenvalue weighted by molar-refractivity contribution is 9.10. The maximum atomic E-state index is 12.5. The maximum absolute atomic E-state index is 12.5. The van der Waals surface area contributed by atoms with Crippen LogP contribution in [-0.4, -0.2) is 29.2 Å². The van der Waals surface area contributed by atoms with E-state index in [4.69, 9.17) is 9.15 Å². The molecule has 8 heteroatoms. The Labute approximate surface area is 145 Å². The van der Waals surface area contributed by atoms with E-state index in [1.165, 1.54) is 0 Å². The summed E-state index contributed by atoms with van der Waals surface area (Å²) in [5, 5.41) is 5.83. The van der Waals surface area contributed by atoms with Crippen LogP contribution in [0.2, 0.25) is 0 Å². The van der Waals surface area contributed by atoms with Crippen LogP contribution in [0.5, 0.6) is 0 Å². The van der Waals surface area contributed by atoms with Crippen LogP contribution in [0.3, 0.4) is 0 Å². The van der Waals surface area contributed by atoms with Crippen molar-refractivity contribution in [2.75, 3.05) is 13.7 Å². The Bertz CT molecular complexity index is 836.